The van der Waals surface area contributed by atoms with Gasteiger partial charge in [-0.2, -0.15) is 0 Å². The van der Waals surface area contributed by atoms with Gasteiger partial charge in [0.25, 0.3) is 0 Å². The van der Waals surface area contributed by atoms with Crippen molar-refractivity contribution in [1.29, 1.82) is 0 Å². The molecule has 0 atom stereocenters. The van der Waals surface area contributed by atoms with Crippen molar-refractivity contribution in [3.05, 3.63) is 47.5 Å². The Balaban J connectivity index is 2.23. The van der Waals surface area contributed by atoms with Crippen LogP contribution in [0.25, 0.3) is 0 Å². The first kappa shape index (κ1) is 11.0. The average Bonchev–Trinajstić information content (AvgIpc) is 2.25. The first-order valence-electron chi connectivity index (χ1n) is 5.10. The van der Waals surface area contributed by atoms with E-state index < -0.39 is 0 Å². The van der Waals surface area contributed by atoms with E-state index in [1.807, 2.05) is 18.2 Å². The molecule has 0 heterocycles. The molecule has 0 fully saturated rings. The molecule has 1 aromatic rings. The Kier molecular flexibility index (Phi) is 5.02. The molecule has 0 aliphatic rings. The van der Waals surface area contributed by atoms with E-state index in [4.69, 9.17) is 4.74 Å². The van der Waals surface area contributed by atoms with Crippen molar-refractivity contribution in [2.24, 2.45) is 0 Å². The van der Waals surface area contributed by atoms with E-state index >= 15 is 0 Å². The van der Waals surface area contributed by atoms with E-state index in [0.29, 0.717) is 13.2 Å². The van der Waals surface area contributed by atoms with Crippen LogP contribution in [0.5, 0.6) is 0 Å². The third-order valence-electron chi connectivity index (χ3n) is 2.22. The molecule has 0 bridgehead atoms. The normalized spacial score (nSPS) is 11.7. The van der Waals surface area contributed by atoms with E-state index in [2.05, 4.69) is 32.1 Å². The summed E-state index contributed by atoms with van der Waals surface area (Å²) in [6.45, 7) is 5.71. The first-order chi connectivity index (χ1) is 6.83. The van der Waals surface area contributed by atoms with Gasteiger partial charge in [-0.1, -0.05) is 48.9 Å². The topological polar surface area (TPSA) is 9.23 Å². The van der Waals surface area contributed by atoms with Gasteiger partial charge in [0.15, 0.2) is 0 Å². The first-order valence-corrected chi connectivity index (χ1v) is 5.10. The summed E-state index contributed by atoms with van der Waals surface area (Å²) in [7, 11) is 0. The summed E-state index contributed by atoms with van der Waals surface area (Å²) >= 11 is 0. The Hall–Kier alpha value is -1.08. The molecular formula is C13H18O. The molecular weight excluding hydrogens is 172 g/mol. The van der Waals surface area contributed by atoms with Gasteiger partial charge in [0.05, 0.1) is 13.2 Å². The van der Waals surface area contributed by atoms with Gasteiger partial charge in [-0.3, -0.25) is 0 Å². The van der Waals surface area contributed by atoms with Gasteiger partial charge >= 0.3 is 0 Å². The number of ether oxygens (including phenoxy) is 1. The van der Waals surface area contributed by atoms with Gasteiger partial charge in [0, 0.05) is 0 Å². The second-order valence-corrected chi connectivity index (χ2v) is 3.40. The van der Waals surface area contributed by atoms with Crippen LogP contribution >= 0.6 is 0 Å². The Morgan fingerprint density at radius 3 is 2.64 bits per heavy atom. The van der Waals surface area contributed by atoms with Crippen molar-refractivity contribution in [3.8, 4) is 0 Å². The summed E-state index contributed by atoms with van der Waals surface area (Å²) in [4.78, 5) is 0. The fraction of sp³-hybridized carbons (Fsp3) is 0.385. The number of allylic oxidation sites excluding steroid dienone is 1. The number of hydrogen-bond donors (Lipinski definition) is 0. The van der Waals surface area contributed by atoms with Gasteiger partial charge < -0.3 is 4.74 Å². The van der Waals surface area contributed by atoms with Crippen molar-refractivity contribution in [1.82, 2.24) is 0 Å². The lowest BCUT2D eigenvalue weighted by Gasteiger charge is -2.01. The van der Waals surface area contributed by atoms with Crippen LogP contribution in [0.3, 0.4) is 0 Å². The molecule has 0 radical (unpaired) electrons. The van der Waals surface area contributed by atoms with Crippen molar-refractivity contribution in [2.75, 3.05) is 6.61 Å². The minimum Gasteiger partial charge on any atom is -0.373 e. The summed E-state index contributed by atoms with van der Waals surface area (Å²) < 4.78 is 5.52. The molecule has 0 saturated heterocycles. The van der Waals surface area contributed by atoms with Crippen LogP contribution in [0.1, 0.15) is 25.8 Å². The maximum Gasteiger partial charge on any atom is 0.0721 e. The predicted octanol–water partition coefficient (Wildman–Crippen LogP) is 3.56. The molecule has 0 saturated carbocycles. The summed E-state index contributed by atoms with van der Waals surface area (Å²) in [5, 5.41) is 0. The Morgan fingerprint density at radius 2 is 2.00 bits per heavy atom. The van der Waals surface area contributed by atoms with Crippen LogP contribution in [0.2, 0.25) is 0 Å². The highest BCUT2D eigenvalue weighted by Gasteiger charge is 1.89. The van der Waals surface area contributed by atoms with Crippen LogP contribution in [-0.2, 0) is 11.3 Å². The molecule has 0 aromatic heterocycles. The van der Waals surface area contributed by atoms with Crippen molar-refractivity contribution in [2.45, 2.75) is 26.9 Å². The van der Waals surface area contributed by atoms with Crippen LogP contribution < -0.4 is 0 Å². The fourth-order valence-corrected chi connectivity index (χ4v) is 1.10. The minimum absolute atomic E-state index is 0.703. The number of rotatable bonds is 5. The highest BCUT2D eigenvalue weighted by atomic mass is 16.5. The lowest BCUT2D eigenvalue weighted by molar-refractivity contribution is 0.148. The highest BCUT2D eigenvalue weighted by molar-refractivity contribution is 5.13. The molecule has 0 aliphatic heterocycles. The molecule has 1 heteroatoms. The second-order valence-electron chi connectivity index (χ2n) is 3.40. The van der Waals surface area contributed by atoms with E-state index in [1.165, 1.54) is 11.1 Å². The molecule has 0 aliphatic carbocycles. The average molecular weight is 190 g/mol. The summed E-state index contributed by atoms with van der Waals surface area (Å²) in [5.41, 5.74) is 2.62. The molecule has 76 valence electrons. The summed E-state index contributed by atoms with van der Waals surface area (Å²) in [6, 6.07) is 10.2. The Bertz CT molecular complexity index is 275. The predicted molar refractivity (Wildman–Crippen MR) is 60.1 cm³/mol. The number of hydrogen-bond acceptors (Lipinski definition) is 1. The van der Waals surface area contributed by atoms with Crippen LogP contribution in [0.15, 0.2) is 42.0 Å². The maximum atomic E-state index is 5.52. The summed E-state index contributed by atoms with van der Waals surface area (Å²) in [5.74, 6) is 0. The molecule has 1 rings (SSSR count). The SMILES string of the molecule is CC/C(C)=C/COCc1ccccc1. The molecule has 0 N–H and O–H groups in total. The Morgan fingerprint density at radius 1 is 1.29 bits per heavy atom. The molecule has 0 unspecified atom stereocenters. The standard InChI is InChI=1S/C13H18O/c1-3-12(2)9-10-14-11-13-7-5-4-6-8-13/h4-9H,3,10-11H2,1-2H3/b12-9+. The van der Waals surface area contributed by atoms with Gasteiger partial charge in [0.2, 0.25) is 0 Å². The lowest BCUT2D eigenvalue weighted by atomic mass is 10.2. The highest BCUT2D eigenvalue weighted by Crippen LogP contribution is 2.02. The van der Waals surface area contributed by atoms with Crippen molar-refractivity contribution in [3.63, 3.8) is 0 Å². The minimum atomic E-state index is 0.703. The summed E-state index contributed by atoms with van der Waals surface area (Å²) in [6.07, 6.45) is 3.25. The largest absolute Gasteiger partial charge is 0.373 e. The zero-order chi connectivity index (χ0) is 10.2. The fourth-order valence-electron chi connectivity index (χ4n) is 1.10. The third-order valence-corrected chi connectivity index (χ3v) is 2.22. The van der Waals surface area contributed by atoms with Crippen LogP contribution in [-0.4, -0.2) is 6.61 Å². The monoisotopic (exact) mass is 190 g/mol. The van der Waals surface area contributed by atoms with E-state index in [-0.39, 0.29) is 0 Å². The smallest absolute Gasteiger partial charge is 0.0721 e. The van der Waals surface area contributed by atoms with Gasteiger partial charge in [0.1, 0.15) is 0 Å². The van der Waals surface area contributed by atoms with Crippen molar-refractivity contribution < 1.29 is 4.74 Å². The van der Waals surface area contributed by atoms with E-state index in [9.17, 15) is 0 Å². The van der Waals surface area contributed by atoms with E-state index in [0.717, 1.165) is 6.42 Å². The van der Waals surface area contributed by atoms with E-state index in [1.54, 1.807) is 0 Å². The van der Waals surface area contributed by atoms with Gasteiger partial charge in [-0.25, -0.2) is 0 Å². The number of benzene rings is 1. The quantitative estimate of drug-likeness (QED) is 0.509. The van der Waals surface area contributed by atoms with Gasteiger partial charge in [-0.15, -0.1) is 0 Å². The molecule has 1 aromatic carbocycles. The zero-order valence-corrected chi connectivity index (χ0v) is 8.99. The Labute approximate surface area is 86.4 Å². The van der Waals surface area contributed by atoms with Crippen LogP contribution in [0, 0.1) is 0 Å². The lowest BCUT2D eigenvalue weighted by Crippen LogP contribution is -1.93. The molecule has 14 heavy (non-hydrogen) atoms. The third kappa shape index (κ3) is 4.24. The zero-order valence-electron chi connectivity index (χ0n) is 8.99. The molecule has 1 nitrogen and oxygen atoms in total. The molecule has 0 amide bonds. The van der Waals surface area contributed by atoms with Gasteiger partial charge in [-0.05, 0) is 18.9 Å². The van der Waals surface area contributed by atoms with Crippen molar-refractivity contribution >= 4 is 0 Å². The molecule has 0 spiro atoms. The second kappa shape index (κ2) is 6.39. The van der Waals surface area contributed by atoms with Crippen LogP contribution in [0.4, 0.5) is 0 Å². The maximum absolute atomic E-state index is 5.52.